The molecule has 0 aromatic heterocycles. The summed E-state index contributed by atoms with van der Waals surface area (Å²) < 4.78 is 12.0. The molecule has 0 bridgehead atoms. The summed E-state index contributed by atoms with van der Waals surface area (Å²) in [4.78, 5) is 14.8. The van der Waals surface area contributed by atoms with Gasteiger partial charge >= 0.3 is 0 Å². The van der Waals surface area contributed by atoms with Gasteiger partial charge in [0, 0.05) is 26.7 Å². The molecule has 1 saturated heterocycles. The van der Waals surface area contributed by atoms with Crippen LogP contribution in [0.4, 0.5) is 5.69 Å². The van der Waals surface area contributed by atoms with Crippen LogP contribution in [0.2, 0.25) is 10.0 Å². The maximum atomic E-state index is 12.6. The number of hydrogen-bond acceptors (Lipinski definition) is 4. The number of benzene rings is 3. The van der Waals surface area contributed by atoms with E-state index < -0.39 is 5.66 Å². The molecule has 2 aliphatic rings. The highest BCUT2D eigenvalue weighted by Crippen LogP contribution is 2.53. The quantitative estimate of drug-likeness (QED) is 0.356. The van der Waals surface area contributed by atoms with E-state index in [0.29, 0.717) is 41.3 Å². The predicted molar refractivity (Wildman–Crippen MR) is 150 cm³/mol. The summed E-state index contributed by atoms with van der Waals surface area (Å²) in [5, 5.41) is 4.42. The number of carbonyl (C=O) groups excluding carboxylic acids is 1. The molecular formula is C30H30Cl2N2O3. The second-order valence-corrected chi connectivity index (χ2v) is 10.9. The van der Waals surface area contributed by atoms with E-state index in [1.165, 1.54) is 11.1 Å². The van der Waals surface area contributed by atoms with Gasteiger partial charge in [0.25, 0.3) is 0 Å². The molecule has 1 N–H and O–H groups in total. The van der Waals surface area contributed by atoms with Crippen LogP contribution in [0.25, 0.3) is 6.08 Å². The fraction of sp³-hybridized carbons (Fsp3) is 0.300. The number of aryl methyl sites for hydroxylation is 1. The van der Waals surface area contributed by atoms with E-state index in [4.69, 9.17) is 32.7 Å². The number of amides is 1. The van der Waals surface area contributed by atoms with Gasteiger partial charge in [-0.3, -0.25) is 4.79 Å². The molecule has 2 heterocycles. The zero-order valence-corrected chi connectivity index (χ0v) is 22.9. The van der Waals surface area contributed by atoms with Gasteiger partial charge in [0.2, 0.25) is 5.91 Å². The van der Waals surface area contributed by atoms with Crippen molar-refractivity contribution in [1.29, 1.82) is 0 Å². The Kier molecular flexibility index (Phi) is 6.63. The number of nitrogens with zero attached hydrogens (tertiary/aromatic N) is 1. The van der Waals surface area contributed by atoms with E-state index in [0.717, 1.165) is 16.8 Å². The third-order valence-corrected chi connectivity index (χ3v) is 7.90. The molecule has 0 spiro atoms. The molecule has 0 saturated carbocycles. The summed E-state index contributed by atoms with van der Waals surface area (Å²) >= 11 is 12.3. The number of ether oxygens (including phenoxy) is 2. The zero-order valence-electron chi connectivity index (χ0n) is 21.4. The van der Waals surface area contributed by atoms with Crippen LogP contribution in [-0.4, -0.2) is 24.7 Å². The first kappa shape index (κ1) is 25.5. The van der Waals surface area contributed by atoms with Crippen molar-refractivity contribution in [3.8, 4) is 11.5 Å². The topological polar surface area (TPSA) is 50.8 Å². The lowest BCUT2D eigenvalue weighted by atomic mass is 9.75. The molecule has 0 aliphatic carbocycles. The molecule has 192 valence electrons. The van der Waals surface area contributed by atoms with Crippen LogP contribution in [0.5, 0.6) is 11.5 Å². The van der Waals surface area contributed by atoms with Gasteiger partial charge in [-0.2, -0.15) is 0 Å². The summed E-state index contributed by atoms with van der Waals surface area (Å²) in [5.41, 5.74) is 4.32. The van der Waals surface area contributed by atoms with E-state index in [2.05, 4.69) is 55.3 Å². The number of anilines is 1. The number of hydrogen-bond donors (Lipinski definition) is 1. The fourth-order valence-electron chi connectivity index (χ4n) is 5.31. The highest BCUT2D eigenvalue weighted by Gasteiger charge is 2.59. The average molecular weight is 537 g/mol. The molecule has 7 heteroatoms. The van der Waals surface area contributed by atoms with E-state index >= 15 is 0 Å². The first-order valence-corrected chi connectivity index (χ1v) is 13.1. The van der Waals surface area contributed by atoms with Gasteiger partial charge in [-0.1, -0.05) is 73.0 Å². The number of nitrogens with one attached hydrogen (secondary N) is 1. The fourth-order valence-corrected chi connectivity index (χ4v) is 5.78. The first-order valence-electron chi connectivity index (χ1n) is 12.4. The Morgan fingerprint density at radius 1 is 1.03 bits per heavy atom. The number of halogens is 2. The highest BCUT2D eigenvalue weighted by atomic mass is 35.5. The Labute approximate surface area is 228 Å². The van der Waals surface area contributed by atoms with Crippen molar-refractivity contribution < 1.29 is 14.3 Å². The normalized spacial score (nSPS) is 19.6. The maximum absolute atomic E-state index is 12.6. The summed E-state index contributed by atoms with van der Waals surface area (Å²) in [7, 11) is 0. The van der Waals surface area contributed by atoms with E-state index in [1.807, 2.05) is 37.3 Å². The van der Waals surface area contributed by atoms with Crippen LogP contribution >= 0.6 is 23.2 Å². The van der Waals surface area contributed by atoms with E-state index in [1.54, 1.807) is 12.1 Å². The van der Waals surface area contributed by atoms with Crippen LogP contribution in [0.3, 0.4) is 0 Å². The molecule has 1 amide bonds. The molecule has 2 aliphatic heterocycles. The summed E-state index contributed by atoms with van der Waals surface area (Å²) in [6.45, 7) is 9.53. The van der Waals surface area contributed by atoms with Crippen molar-refractivity contribution in [3.05, 3.63) is 93.0 Å². The summed E-state index contributed by atoms with van der Waals surface area (Å²) in [5.74, 6) is 1.29. The van der Waals surface area contributed by atoms with Gasteiger partial charge in [-0.25, -0.2) is 0 Å². The van der Waals surface area contributed by atoms with Gasteiger partial charge in [0.1, 0.15) is 12.3 Å². The minimum Gasteiger partial charge on any atom is -0.490 e. The molecule has 0 radical (unpaired) electrons. The molecule has 1 atom stereocenters. The van der Waals surface area contributed by atoms with Crippen molar-refractivity contribution in [2.24, 2.45) is 0 Å². The highest BCUT2D eigenvalue weighted by molar-refractivity contribution is 6.35. The Morgan fingerprint density at radius 3 is 2.59 bits per heavy atom. The molecule has 0 unspecified atom stereocenters. The first-order chi connectivity index (χ1) is 17.6. The van der Waals surface area contributed by atoms with Crippen molar-refractivity contribution in [2.45, 2.75) is 45.4 Å². The lowest BCUT2D eigenvalue weighted by Crippen LogP contribution is -2.58. The summed E-state index contributed by atoms with van der Waals surface area (Å²) in [6.07, 6.45) is 4.15. The van der Waals surface area contributed by atoms with Crippen LogP contribution in [0, 0.1) is 6.92 Å². The number of carbonyl (C=O) groups is 1. The smallest absolute Gasteiger partial charge is 0.241 e. The maximum Gasteiger partial charge on any atom is 0.241 e. The molecule has 5 rings (SSSR count). The van der Waals surface area contributed by atoms with Crippen molar-refractivity contribution in [2.75, 3.05) is 18.1 Å². The van der Waals surface area contributed by atoms with Gasteiger partial charge in [0.05, 0.1) is 13.2 Å². The lowest BCUT2D eigenvalue weighted by Gasteiger charge is -2.40. The van der Waals surface area contributed by atoms with Crippen LogP contribution in [0.15, 0.2) is 60.7 Å². The lowest BCUT2D eigenvalue weighted by molar-refractivity contribution is -0.118. The summed E-state index contributed by atoms with van der Waals surface area (Å²) in [6, 6.07) is 17.6. The van der Waals surface area contributed by atoms with Crippen LogP contribution in [-0.2, 0) is 16.8 Å². The molecule has 3 aromatic carbocycles. The third-order valence-electron chi connectivity index (χ3n) is 7.31. The Balaban J connectivity index is 1.44. The van der Waals surface area contributed by atoms with Gasteiger partial charge in [-0.15, -0.1) is 0 Å². The minimum atomic E-state index is -0.660. The standard InChI is InChI=1S/C30H30Cl2N2O3/c1-5-36-27-15-20(7-11-26(27)37-18-21-8-9-22(31)16-24(21)32)12-13-30-29(3,4)23-14-19(2)6-10-25(23)34(30)17-28(35)33-30/h6-16H,5,17-18H2,1-4H3,(H,33,35)/b13-12+/t30-/m1/s1. The number of fused-ring (bicyclic) bond motifs is 3. The van der Waals surface area contributed by atoms with Crippen LogP contribution < -0.4 is 19.7 Å². The molecule has 5 nitrogen and oxygen atoms in total. The van der Waals surface area contributed by atoms with Crippen LogP contribution in [0.1, 0.15) is 43.0 Å². The van der Waals surface area contributed by atoms with Crippen molar-refractivity contribution in [1.82, 2.24) is 5.32 Å². The zero-order chi connectivity index (χ0) is 26.4. The third kappa shape index (κ3) is 4.45. The van der Waals surface area contributed by atoms with Crippen molar-refractivity contribution >= 4 is 40.9 Å². The molecule has 3 aromatic rings. The SMILES string of the molecule is CCOc1cc(/C=C/[C@@]23NC(=O)CN2c2ccc(C)cc2C3(C)C)ccc1OCc1ccc(Cl)cc1Cl. The number of rotatable bonds is 7. The second-order valence-electron chi connectivity index (χ2n) is 10.0. The largest absolute Gasteiger partial charge is 0.490 e. The minimum absolute atomic E-state index is 0.0172. The average Bonchev–Trinajstić information content (AvgIpc) is 3.27. The molecule has 37 heavy (non-hydrogen) atoms. The Hall–Kier alpha value is -3.15. The van der Waals surface area contributed by atoms with Crippen molar-refractivity contribution in [3.63, 3.8) is 0 Å². The Bertz CT molecular complexity index is 1400. The van der Waals surface area contributed by atoms with Gasteiger partial charge in [-0.05, 0) is 61.4 Å². The predicted octanol–water partition coefficient (Wildman–Crippen LogP) is 6.92. The van der Waals surface area contributed by atoms with E-state index in [9.17, 15) is 4.79 Å². The molecular weight excluding hydrogens is 507 g/mol. The van der Waals surface area contributed by atoms with E-state index in [-0.39, 0.29) is 11.3 Å². The molecule has 1 fully saturated rings. The monoisotopic (exact) mass is 536 g/mol. The second kappa shape index (κ2) is 9.62. The van der Waals surface area contributed by atoms with Gasteiger partial charge in [0.15, 0.2) is 11.5 Å². The van der Waals surface area contributed by atoms with Gasteiger partial charge < -0.3 is 19.7 Å². The Morgan fingerprint density at radius 2 is 1.84 bits per heavy atom.